The van der Waals surface area contributed by atoms with Gasteiger partial charge in [0.05, 0.1) is 12.6 Å². The van der Waals surface area contributed by atoms with Crippen molar-refractivity contribution in [3.8, 4) is 0 Å². The average molecular weight is 377 g/mol. The van der Waals surface area contributed by atoms with Gasteiger partial charge in [-0.15, -0.1) is 0 Å². The van der Waals surface area contributed by atoms with Gasteiger partial charge in [-0.05, 0) is 56.5 Å². The van der Waals surface area contributed by atoms with Crippen LogP contribution in [0.4, 0.5) is 4.39 Å². The van der Waals surface area contributed by atoms with Crippen molar-refractivity contribution >= 4 is 5.96 Å². The van der Waals surface area contributed by atoms with Crippen LogP contribution < -0.4 is 5.32 Å². The fourth-order valence-electron chi connectivity index (χ4n) is 4.16. The van der Waals surface area contributed by atoms with Crippen LogP contribution >= 0.6 is 0 Å². The Bertz CT molecular complexity index is 621. The molecule has 2 aliphatic rings. The predicted octanol–water partition coefficient (Wildman–Crippen LogP) is 2.89. The second kappa shape index (κ2) is 9.51. The Morgan fingerprint density at radius 3 is 2.74 bits per heavy atom. The lowest BCUT2D eigenvalue weighted by Gasteiger charge is -2.39. The topological polar surface area (TPSA) is 40.1 Å². The minimum atomic E-state index is -0.217. The Hall–Kier alpha value is -1.66. The second-order valence-electron chi connectivity index (χ2n) is 7.72. The molecule has 0 aliphatic carbocycles. The van der Waals surface area contributed by atoms with Gasteiger partial charge in [0.1, 0.15) is 11.9 Å². The summed E-state index contributed by atoms with van der Waals surface area (Å²) in [6.07, 6.45) is 2.58. The number of guanidine groups is 1. The summed E-state index contributed by atoms with van der Waals surface area (Å²) in [5.74, 6) is 1.39. The highest BCUT2D eigenvalue weighted by molar-refractivity contribution is 5.80. The molecule has 6 heteroatoms. The second-order valence-corrected chi connectivity index (χ2v) is 7.72. The van der Waals surface area contributed by atoms with Crippen LogP contribution in [0.25, 0.3) is 0 Å². The molecule has 150 valence electrons. The third kappa shape index (κ3) is 5.42. The molecule has 2 fully saturated rings. The summed E-state index contributed by atoms with van der Waals surface area (Å²) in [6, 6.07) is 6.62. The van der Waals surface area contributed by atoms with Crippen LogP contribution in [0, 0.1) is 11.7 Å². The molecule has 1 N–H and O–H groups in total. The van der Waals surface area contributed by atoms with Crippen molar-refractivity contribution in [2.24, 2.45) is 10.9 Å². The fourth-order valence-corrected chi connectivity index (χ4v) is 4.16. The number of hydrogen-bond acceptors (Lipinski definition) is 3. The van der Waals surface area contributed by atoms with Crippen LogP contribution in [0.5, 0.6) is 0 Å². The van der Waals surface area contributed by atoms with Gasteiger partial charge in [0.25, 0.3) is 0 Å². The number of hydrogen-bond donors (Lipinski definition) is 1. The first kappa shape index (κ1) is 20.1. The zero-order chi connectivity index (χ0) is 19.2. The molecule has 1 aromatic carbocycles. The lowest BCUT2D eigenvalue weighted by molar-refractivity contribution is -0.0605. The summed E-state index contributed by atoms with van der Waals surface area (Å²) < 4.78 is 19.3. The van der Waals surface area contributed by atoms with Crippen LogP contribution in [-0.4, -0.2) is 68.2 Å². The zero-order valence-corrected chi connectivity index (χ0v) is 16.8. The van der Waals surface area contributed by atoms with Crippen molar-refractivity contribution in [3.05, 3.63) is 35.6 Å². The largest absolute Gasteiger partial charge is 0.367 e. The number of halogens is 1. The summed E-state index contributed by atoms with van der Waals surface area (Å²) in [7, 11) is 1.84. The van der Waals surface area contributed by atoms with Gasteiger partial charge in [-0.2, -0.15) is 0 Å². The van der Waals surface area contributed by atoms with Gasteiger partial charge in [-0.1, -0.05) is 19.1 Å². The molecule has 0 bridgehead atoms. The lowest BCUT2D eigenvalue weighted by Crippen LogP contribution is -2.52. The first-order valence-electron chi connectivity index (χ1n) is 10.2. The molecule has 1 aromatic rings. The third-order valence-electron chi connectivity index (χ3n) is 5.61. The van der Waals surface area contributed by atoms with Crippen molar-refractivity contribution in [1.82, 2.24) is 15.1 Å². The molecule has 2 saturated heterocycles. The van der Waals surface area contributed by atoms with Crippen LogP contribution in [0.15, 0.2) is 29.3 Å². The highest BCUT2D eigenvalue weighted by Gasteiger charge is 2.29. The van der Waals surface area contributed by atoms with Gasteiger partial charge in [-0.3, -0.25) is 4.99 Å². The Balaban J connectivity index is 1.59. The van der Waals surface area contributed by atoms with Gasteiger partial charge in [-0.25, -0.2) is 4.39 Å². The Labute approximate surface area is 162 Å². The van der Waals surface area contributed by atoms with Gasteiger partial charge >= 0.3 is 0 Å². The average Bonchev–Trinajstić information content (AvgIpc) is 2.69. The van der Waals surface area contributed by atoms with E-state index in [1.165, 1.54) is 31.5 Å². The normalized spacial score (nSPS) is 27.6. The van der Waals surface area contributed by atoms with E-state index < -0.39 is 0 Å². The van der Waals surface area contributed by atoms with Crippen LogP contribution in [0.3, 0.4) is 0 Å². The van der Waals surface area contributed by atoms with Crippen molar-refractivity contribution < 1.29 is 9.13 Å². The first-order chi connectivity index (χ1) is 13.1. The van der Waals surface area contributed by atoms with E-state index in [-0.39, 0.29) is 18.0 Å². The molecule has 3 atom stereocenters. The summed E-state index contributed by atoms with van der Waals surface area (Å²) in [5.41, 5.74) is 1.01. The van der Waals surface area contributed by atoms with Crippen LogP contribution in [-0.2, 0) is 4.74 Å². The van der Waals surface area contributed by atoms with Crippen molar-refractivity contribution in [2.45, 2.75) is 38.9 Å². The zero-order valence-electron chi connectivity index (χ0n) is 16.8. The van der Waals surface area contributed by atoms with Gasteiger partial charge in [0.15, 0.2) is 5.96 Å². The molecule has 3 rings (SSSR count). The number of likely N-dealkylation sites (tertiary alicyclic amines) is 1. The number of nitrogens with zero attached hydrogens (tertiary/aromatic N) is 3. The van der Waals surface area contributed by atoms with Crippen molar-refractivity contribution in [2.75, 3.05) is 46.3 Å². The van der Waals surface area contributed by atoms with E-state index in [0.717, 1.165) is 44.2 Å². The molecule has 0 aromatic heterocycles. The van der Waals surface area contributed by atoms with Crippen LogP contribution in [0.1, 0.15) is 38.4 Å². The summed E-state index contributed by atoms with van der Waals surface area (Å²) in [6.45, 7) is 10.3. The van der Waals surface area contributed by atoms with E-state index >= 15 is 0 Å². The third-order valence-corrected chi connectivity index (χ3v) is 5.61. The molecular formula is C21H33FN4O. The quantitative estimate of drug-likeness (QED) is 0.648. The van der Waals surface area contributed by atoms with E-state index in [4.69, 9.17) is 4.74 Å². The lowest BCUT2D eigenvalue weighted by atomic mass is 9.98. The summed E-state index contributed by atoms with van der Waals surface area (Å²) in [4.78, 5) is 9.31. The molecule has 2 aliphatic heterocycles. The molecule has 0 radical (unpaired) electrons. The smallest absolute Gasteiger partial charge is 0.193 e. The minimum absolute atomic E-state index is 0.0711. The first-order valence-corrected chi connectivity index (χ1v) is 10.2. The number of piperidine rings is 1. The maximum Gasteiger partial charge on any atom is 0.193 e. The van der Waals surface area contributed by atoms with Gasteiger partial charge < -0.3 is 19.9 Å². The SMILES string of the molecule is CCN1CCCC(CNC(=NC)N2CC(C)OC(c3ccc(F)cc3)C2)C1. The molecule has 27 heavy (non-hydrogen) atoms. The number of ether oxygens (including phenoxy) is 1. The molecule has 3 unspecified atom stereocenters. The maximum absolute atomic E-state index is 13.2. The summed E-state index contributed by atoms with van der Waals surface area (Å²) in [5, 5.41) is 3.59. The standard InChI is InChI=1S/C21H33FN4O/c1-4-25-11-5-6-17(14-25)12-24-21(23-3)26-13-16(2)27-20(15-26)18-7-9-19(22)10-8-18/h7-10,16-17,20H,4-6,11-15H2,1-3H3,(H,23,24). The molecule has 5 nitrogen and oxygen atoms in total. The van der Waals surface area contributed by atoms with Crippen molar-refractivity contribution in [1.29, 1.82) is 0 Å². The van der Waals surface area contributed by atoms with Crippen molar-refractivity contribution in [3.63, 3.8) is 0 Å². The van der Waals surface area contributed by atoms with Gasteiger partial charge in [0, 0.05) is 26.7 Å². The molecule has 2 heterocycles. The number of aliphatic imine (C=N–C) groups is 1. The molecule has 0 spiro atoms. The minimum Gasteiger partial charge on any atom is -0.367 e. The molecule has 0 amide bonds. The number of nitrogens with one attached hydrogen (secondary N) is 1. The van der Waals surface area contributed by atoms with E-state index in [2.05, 4.69) is 34.0 Å². The highest BCUT2D eigenvalue weighted by atomic mass is 19.1. The maximum atomic E-state index is 13.2. The van der Waals surface area contributed by atoms with E-state index in [9.17, 15) is 4.39 Å². The van der Waals surface area contributed by atoms with Crippen LogP contribution in [0.2, 0.25) is 0 Å². The fraction of sp³-hybridized carbons (Fsp3) is 0.667. The predicted molar refractivity (Wildman–Crippen MR) is 107 cm³/mol. The number of morpholine rings is 1. The number of rotatable bonds is 4. The van der Waals surface area contributed by atoms with E-state index in [0.29, 0.717) is 5.92 Å². The number of benzene rings is 1. The van der Waals surface area contributed by atoms with E-state index in [1.54, 1.807) is 0 Å². The van der Waals surface area contributed by atoms with Gasteiger partial charge in [0.2, 0.25) is 0 Å². The molecule has 0 saturated carbocycles. The summed E-state index contributed by atoms with van der Waals surface area (Å²) >= 11 is 0. The Morgan fingerprint density at radius 2 is 2.04 bits per heavy atom. The van der Waals surface area contributed by atoms with E-state index in [1.807, 2.05) is 19.2 Å². The Kier molecular flexibility index (Phi) is 7.07. The highest BCUT2D eigenvalue weighted by Crippen LogP contribution is 2.25. The molecular weight excluding hydrogens is 343 g/mol. The Morgan fingerprint density at radius 1 is 1.26 bits per heavy atom. The monoisotopic (exact) mass is 376 g/mol.